The van der Waals surface area contributed by atoms with Gasteiger partial charge in [0, 0.05) is 18.7 Å². The molecule has 1 heterocycles. The van der Waals surface area contributed by atoms with Gasteiger partial charge in [0.1, 0.15) is 5.60 Å². The lowest BCUT2D eigenvalue weighted by Gasteiger charge is -2.19. The van der Waals surface area contributed by atoms with Gasteiger partial charge in [-0.2, -0.15) is 5.10 Å². The molecule has 0 unspecified atom stereocenters. The lowest BCUT2D eigenvalue weighted by atomic mass is 10.2. The van der Waals surface area contributed by atoms with E-state index < -0.39 is 0 Å². The maximum Gasteiger partial charge on any atom is 0.233 e. The van der Waals surface area contributed by atoms with Crippen molar-refractivity contribution < 1.29 is 4.74 Å². The lowest BCUT2D eigenvalue weighted by Crippen LogP contribution is -2.24. The van der Waals surface area contributed by atoms with E-state index in [4.69, 9.17) is 4.74 Å². The first-order valence-electron chi connectivity index (χ1n) is 5.78. The number of nitrogens with zero attached hydrogens (tertiary/aromatic N) is 2. The maximum absolute atomic E-state index is 5.60. The molecule has 1 N–H and O–H groups in total. The van der Waals surface area contributed by atoms with Crippen molar-refractivity contribution in [3.63, 3.8) is 0 Å². The van der Waals surface area contributed by atoms with Crippen molar-refractivity contribution in [1.82, 2.24) is 15.5 Å². The number of nitrogens with one attached hydrogen (secondary N) is 1. The summed E-state index contributed by atoms with van der Waals surface area (Å²) in [6.45, 7) is 6.79. The van der Waals surface area contributed by atoms with E-state index in [2.05, 4.69) is 15.5 Å². The molecule has 2 rings (SSSR count). The zero-order valence-corrected chi connectivity index (χ0v) is 10.2. The first-order chi connectivity index (χ1) is 7.53. The molecule has 1 saturated carbocycles. The normalized spacial score (nSPS) is 16.2. The Labute approximate surface area is 96.4 Å². The lowest BCUT2D eigenvalue weighted by molar-refractivity contribution is 0.122. The number of hydrogen-bond acceptors (Lipinski definition) is 4. The summed E-state index contributed by atoms with van der Waals surface area (Å²) in [6, 6.07) is 4.54. The summed E-state index contributed by atoms with van der Waals surface area (Å²) in [5.41, 5.74) is 0.746. The quantitative estimate of drug-likeness (QED) is 0.843. The average molecular weight is 221 g/mol. The van der Waals surface area contributed by atoms with Gasteiger partial charge in [0.05, 0.1) is 5.69 Å². The molecule has 88 valence electrons. The van der Waals surface area contributed by atoms with Gasteiger partial charge in [-0.25, -0.2) is 0 Å². The molecule has 1 aliphatic rings. The van der Waals surface area contributed by atoms with Crippen LogP contribution in [-0.2, 0) is 6.54 Å². The summed E-state index contributed by atoms with van der Waals surface area (Å²) in [4.78, 5) is 0. The first-order valence-corrected chi connectivity index (χ1v) is 5.78. The monoisotopic (exact) mass is 221 g/mol. The fourth-order valence-electron chi connectivity index (χ4n) is 1.35. The van der Waals surface area contributed by atoms with Crippen LogP contribution in [0.15, 0.2) is 12.1 Å². The second kappa shape index (κ2) is 4.37. The van der Waals surface area contributed by atoms with Crippen LogP contribution in [-0.4, -0.2) is 21.8 Å². The van der Waals surface area contributed by atoms with E-state index in [0.29, 0.717) is 11.9 Å². The summed E-state index contributed by atoms with van der Waals surface area (Å²) in [6.07, 6.45) is 2.58. The van der Waals surface area contributed by atoms with E-state index >= 15 is 0 Å². The van der Waals surface area contributed by atoms with Crippen molar-refractivity contribution in [2.24, 2.45) is 0 Å². The minimum absolute atomic E-state index is 0.220. The Morgan fingerprint density at radius 2 is 2.06 bits per heavy atom. The molecule has 16 heavy (non-hydrogen) atoms. The van der Waals surface area contributed by atoms with Gasteiger partial charge in [0.25, 0.3) is 0 Å². The fourth-order valence-corrected chi connectivity index (χ4v) is 1.35. The number of ether oxygens (including phenoxy) is 1. The predicted molar refractivity (Wildman–Crippen MR) is 62.3 cm³/mol. The summed E-state index contributed by atoms with van der Waals surface area (Å²) in [7, 11) is 0. The molecule has 4 heteroatoms. The highest BCUT2D eigenvalue weighted by Crippen LogP contribution is 2.19. The molecule has 0 spiro atoms. The van der Waals surface area contributed by atoms with Crippen LogP contribution in [0.4, 0.5) is 0 Å². The third-order valence-electron chi connectivity index (χ3n) is 2.26. The van der Waals surface area contributed by atoms with Crippen LogP contribution in [0.1, 0.15) is 39.3 Å². The van der Waals surface area contributed by atoms with Gasteiger partial charge in [0.15, 0.2) is 0 Å². The van der Waals surface area contributed by atoms with Crippen molar-refractivity contribution in [2.45, 2.75) is 51.8 Å². The fraction of sp³-hybridized carbons (Fsp3) is 0.667. The smallest absolute Gasteiger partial charge is 0.233 e. The molecular weight excluding hydrogens is 202 g/mol. The number of aromatic nitrogens is 2. The Kier molecular flexibility index (Phi) is 3.10. The van der Waals surface area contributed by atoms with Crippen LogP contribution in [0.25, 0.3) is 0 Å². The van der Waals surface area contributed by atoms with Gasteiger partial charge >= 0.3 is 0 Å². The molecule has 0 bridgehead atoms. The van der Waals surface area contributed by atoms with Crippen molar-refractivity contribution >= 4 is 0 Å². The third-order valence-corrected chi connectivity index (χ3v) is 2.26. The average Bonchev–Trinajstić information content (AvgIpc) is 2.98. The van der Waals surface area contributed by atoms with Gasteiger partial charge in [-0.05, 0) is 39.7 Å². The molecule has 1 aliphatic carbocycles. The molecule has 1 aromatic heterocycles. The Hall–Kier alpha value is -1.16. The van der Waals surface area contributed by atoms with Gasteiger partial charge < -0.3 is 10.1 Å². The van der Waals surface area contributed by atoms with E-state index in [9.17, 15) is 0 Å². The molecule has 1 aromatic rings. The zero-order valence-electron chi connectivity index (χ0n) is 10.2. The first kappa shape index (κ1) is 11.3. The SMILES string of the molecule is CC(C)(C)Oc1ccc(CNC2CC2)nn1. The number of rotatable bonds is 4. The molecule has 0 atom stereocenters. The second-order valence-electron chi connectivity index (χ2n) is 5.23. The largest absolute Gasteiger partial charge is 0.471 e. The maximum atomic E-state index is 5.60. The zero-order chi connectivity index (χ0) is 11.6. The van der Waals surface area contributed by atoms with Crippen LogP contribution in [0, 0.1) is 0 Å². The highest BCUT2D eigenvalue weighted by atomic mass is 16.5. The Balaban J connectivity index is 1.87. The van der Waals surface area contributed by atoms with Crippen molar-refractivity contribution in [3.05, 3.63) is 17.8 Å². The number of hydrogen-bond donors (Lipinski definition) is 1. The minimum atomic E-state index is -0.220. The molecule has 0 aromatic carbocycles. The van der Waals surface area contributed by atoms with E-state index in [1.165, 1.54) is 12.8 Å². The van der Waals surface area contributed by atoms with Crippen LogP contribution in [0.3, 0.4) is 0 Å². The van der Waals surface area contributed by atoms with Crippen LogP contribution < -0.4 is 10.1 Å². The summed E-state index contributed by atoms with van der Waals surface area (Å²) >= 11 is 0. The Bertz CT molecular complexity index is 338. The minimum Gasteiger partial charge on any atom is -0.471 e. The van der Waals surface area contributed by atoms with E-state index in [0.717, 1.165) is 12.2 Å². The van der Waals surface area contributed by atoms with Gasteiger partial charge in [-0.1, -0.05) is 0 Å². The molecular formula is C12H19N3O. The summed E-state index contributed by atoms with van der Waals surface area (Å²) in [5, 5.41) is 11.6. The molecule has 0 saturated heterocycles. The van der Waals surface area contributed by atoms with E-state index in [-0.39, 0.29) is 5.60 Å². The molecule has 1 fully saturated rings. The van der Waals surface area contributed by atoms with Crippen molar-refractivity contribution in [3.8, 4) is 5.88 Å². The van der Waals surface area contributed by atoms with Gasteiger partial charge in [-0.15, -0.1) is 5.10 Å². The van der Waals surface area contributed by atoms with Crippen molar-refractivity contribution in [1.29, 1.82) is 0 Å². The second-order valence-corrected chi connectivity index (χ2v) is 5.23. The van der Waals surface area contributed by atoms with Crippen molar-refractivity contribution in [2.75, 3.05) is 0 Å². The van der Waals surface area contributed by atoms with Gasteiger partial charge in [-0.3, -0.25) is 0 Å². The summed E-state index contributed by atoms with van der Waals surface area (Å²) in [5.74, 6) is 0.586. The third kappa shape index (κ3) is 3.77. The van der Waals surface area contributed by atoms with Crippen LogP contribution in [0.2, 0.25) is 0 Å². The Morgan fingerprint density at radius 1 is 1.31 bits per heavy atom. The highest BCUT2D eigenvalue weighted by Gasteiger charge is 2.20. The van der Waals surface area contributed by atoms with Crippen LogP contribution >= 0.6 is 0 Å². The van der Waals surface area contributed by atoms with Crippen LogP contribution in [0.5, 0.6) is 5.88 Å². The molecule has 0 radical (unpaired) electrons. The molecule has 0 aliphatic heterocycles. The molecule has 0 amide bonds. The van der Waals surface area contributed by atoms with E-state index in [1.54, 1.807) is 0 Å². The topological polar surface area (TPSA) is 47.0 Å². The predicted octanol–water partition coefficient (Wildman–Crippen LogP) is 1.91. The molecule has 4 nitrogen and oxygen atoms in total. The Morgan fingerprint density at radius 3 is 2.56 bits per heavy atom. The summed E-state index contributed by atoms with van der Waals surface area (Å²) < 4.78 is 5.60. The van der Waals surface area contributed by atoms with E-state index in [1.807, 2.05) is 32.9 Å². The standard InChI is InChI=1S/C12H19N3O/c1-12(2,3)16-11-7-6-10(14-15-11)8-13-9-4-5-9/h6-7,9,13H,4-5,8H2,1-3H3. The highest BCUT2D eigenvalue weighted by molar-refractivity contribution is 5.12. The van der Waals surface area contributed by atoms with Gasteiger partial charge in [0.2, 0.25) is 5.88 Å².